The maximum Gasteiger partial charge on any atom is 0.333 e. The number of aromatic nitrogens is 1. The Kier molecular flexibility index (Phi) is 2.55. The van der Waals surface area contributed by atoms with Crippen molar-refractivity contribution in [2.45, 2.75) is 4.90 Å². The summed E-state index contributed by atoms with van der Waals surface area (Å²) in [5.41, 5.74) is 0. The van der Waals surface area contributed by atoms with Gasteiger partial charge in [-0.25, -0.2) is 4.98 Å². The van der Waals surface area contributed by atoms with E-state index in [0.29, 0.717) is 0 Å². The average molecular weight is 230 g/mol. The van der Waals surface area contributed by atoms with Crippen LogP contribution in [0.4, 0.5) is 3.89 Å². The van der Waals surface area contributed by atoms with E-state index in [-0.39, 0.29) is 10.2 Å². The number of nitrogens with zero attached hydrogens (tertiary/aromatic N) is 1. The Morgan fingerprint density at radius 1 is 1.42 bits per heavy atom. The molecule has 0 saturated heterocycles. The Hall–Kier alpha value is -0.390. The molecule has 66 valence electrons. The fourth-order valence-electron chi connectivity index (χ4n) is 0.537. The first kappa shape index (κ1) is 9.70. The SMILES string of the molecule is O=S(=O)(F)c1cnc(Cl)c(Cl)c1. The van der Waals surface area contributed by atoms with E-state index < -0.39 is 15.1 Å². The van der Waals surface area contributed by atoms with Crippen LogP contribution < -0.4 is 0 Å². The van der Waals surface area contributed by atoms with Gasteiger partial charge in [0.05, 0.1) is 11.2 Å². The maximum atomic E-state index is 12.3. The topological polar surface area (TPSA) is 47.0 Å². The van der Waals surface area contributed by atoms with Crippen LogP contribution in [0.2, 0.25) is 10.2 Å². The molecule has 0 atom stereocenters. The normalized spacial score (nSPS) is 11.6. The molecule has 7 heteroatoms. The molecule has 1 heterocycles. The molecule has 1 rings (SSSR count). The van der Waals surface area contributed by atoms with Gasteiger partial charge < -0.3 is 0 Å². The largest absolute Gasteiger partial charge is 0.333 e. The first-order valence-electron chi connectivity index (χ1n) is 2.67. The molecule has 0 radical (unpaired) electrons. The molecule has 0 N–H and O–H groups in total. The zero-order valence-corrected chi connectivity index (χ0v) is 7.79. The van der Waals surface area contributed by atoms with Gasteiger partial charge in [-0.2, -0.15) is 8.42 Å². The predicted molar refractivity (Wildman–Crippen MR) is 42.6 cm³/mol. The van der Waals surface area contributed by atoms with E-state index in [9.17, 15) is 12.3 Å². The van der Waals surface area contributed by atoms with Gasteiger partial charge in [-0.3, -0.25) is 0 Å². The number of hydrogen-bond donors (Lipinski definition) is 0. The van der Waals surface area contributed by atoms with E-state index in [4.69, 9.17) is 23.2 Å². The second-order valence-electron chi connectivity index (χ2n) is 1.88. The molecule has 0 aliphatic rings. The zero-order valence-electron chi connectivity index (χ0n) is 5.46. The van der Waals surface area contributed by atoms with Crippen molar-refractivity contribution in [2.75, 3.05) is 0 Å². The molecule has 0 aliphatic heterocycles. The summed E-state index contributed by atoms with van der Waals surface area (Å²) in [7, 11) is -4.75. The summed E-state index contributed by atoms with van der Waals surface area (Å²) in [5, 5.41) is -0.167. The molecule has 0 aliphatic carbocycles. The lowest BCUT2D eigenvalue weighted by molar-refractivity contribution is 0.551. The van der Waals surface area contributed by atoms with E-state index in [1.54, 1.807) is 0 Å². The third-order valence-corrected chi connectivity index (χ3v) is 2.53. The molecule has 0 spiro atoms. The Bertz CT molecular complexity index is 406. The van der Waals surface area contributed by atoms with E-state index in [2.05, 4.69) is 4.98 Å². The second-order valence-corrected chi connectivity index (χ2v) is 3.99. The molecule has 3 nitrogen and oxygen atoms in total. The van der Waals surface area contributed by atoms with Gasteiger partial charge in [0.2, 0.25) is 0 Å². The lowest BCUT2D eigenvalue weighted by Gasteiger charge is -1.95. The summed E-state index contributed by atoms with van der Waals surface area (Å²) in [6.07, 6.45) is 0.795. The summed E-state index contributed by atoms with van der Waals surface area (Å²) >= 11 is 10.8. The van der Waals surface area contributed by atoms with Crippen LogP contribution in [0, 0.1) is 0 Å². The van der Waals surface area contributed by atoms with Crippen molar-refractivity contribution in [2.24, 2.45) is 0 Å². The molecule has 0 amide bonds. The van der Waals surface area contributed by atoms with Gasteiger partial charge in [-0.15, -0.1) is 3.89 Å². The average Bonchev–Trinajstić information content (AvgIpc) is 1.92. The quantitative estimate of drug-likeness (QED) is 0.547. The minimum atomic E-state index is -4.75. The first-order valence-corrected chi connectivity index (χ1v) is 4.81. The monoisotopic (exact) mass is 229 g/mol. The van der Waals surface area contributed by atoms with Gasteiger partial charge in [-0.1, -0.05) is 23.2 Å². The van der Waals surface area contributed by atoms with Crippen LogP contribution in [0.1, 0.15) is 0 Å². The lowest BCUT2D eigenvalue weighted by Crippen LogP contribution is -1.93. The van der Waals surface area contributed by atoms with Crippen LogP contribution in [-0.4, -0.2) is 13.4 Å². The standard InChI is InChI=1S/C5H2Cl2FNO2S/c6-4-1-3(12(8,10)11)2-9-5(4)7/h1-2H. The van der Waals surface area contributed by atoms with Crippen LogP contribution in [0.25, 0.3) is 0 Å². The highest BCUT2D eigenvalue weighted by Crippen LogP contribution is 2.22. The van der Waals surface area contributed by atoms with Gasteiger partial charge in [0.15, 0.2) is 0 Å². The molecule has 0 fully saturated rings. The van der Waals surface area contributed by atoms with Crippen LogP contribution in [-0.2, 0) is 10.2 Å². The minimum absolute atomic E-state index is 0.0657. The third-order valence-electron chi connectivity index (χ3n) is 1.05. The van der Waals surface area contributed by atoms with Crippen molar-refractivity contribution in [3.63, 3.8) is 0 Å². The van der Waals surface area contributed by atoms with Gasteiger partial charge in [0.25, 0.3) is 0 Å². The van der Waals surface area contributed by atoms with Crippen LogP contribution in [0.3, 0.4) is 0 Å². The van der Waals surface area contributed by atoms with E-state index in [1.807, 2.05) is 0 Å². The Labute approximate surface area is 78.3 Å². The molecular weight excluding hydrogens is 228 g/mol. The zero-order chi connectivity index (χ0) is 9.35. The highest BCUT2D eigenvalue weighted by atomic mass is 35.5. The molecule has 0 saturated carbocycles. The van der Waals surface area contributed by atoms with Gasteiger partial charge in [0, 0.05) is 0 Å². The number of halogens is 3. The fraction of sp³-hybridized carbons (Fsp3) is 0. The summed E-state index contributed by atoms with van der Waals surface area (Å²) in [6, 6.07) is 0.895. The van der Waals surface area contributed by atoms with Crippen molar-refractivity contribution in [3.8, 4) is 0 Å². The molecule has 0 aromatic carbocycles. The summed E-state index contributed by atoms with van der Waals surface area (Å²) in [6.45, 7) is 0. The first-order chi connectivity index (χ1) is 5.41. The van der Waals surface area contributed by atoms with Gasteiger partial charge in [-0.05, 0) is 6.07 Å². The number of rotatable bonds is 1. The van der Waals surface area contributed by atoms with E-state index in [0.717, 1.165) is 12.3 Å². The van der Waals surface area contributed by atoms with Crippen LogP contribution in [0.5, 0.6) is 0 Å². The predicted octanol–water partition coefficient (Wildman–Crippen LogP) is 2.05. The fourth-order valence-corrected chi connectivity index (χ4v) is 1.31. The van der Waals surface area contributed by atoms with E-state index in [1.165, 1.54) is 0 Å². The van der Waals surface area contributed by atoms with Crippen molar-refractivity contribution < 1.29 is 12.3 Å². The van der Waals surface area contributed by atoms with Crippen molar-refractivity contribution in [3.05, 3.63) is 22.4 Å². The summed E-state index contributed by atoms with van der Waals surface area (Å²) < 4.78 is 32.8. The lowest BCUT2D eigenvalue weighted by atomic mass is 10.5. The van der Waals surface area contributed by atoms with Crippen LogP contribution >= 0.6 is 23.2 Å². The Morgan fingerprint density at radius 3 is 2.42 bits per heavy atom. The number of pyridine rings is 1. The smallest absolute Gasteiger partial charge is 0.242 e. The second kappa shape index (κ2) is 3.16. The van der Waals surface area contributed by atoms with Crippen molar-refractivity contribution in [1.29, 1.82) is 0 Å². The van der Waals surface area contributed by atoms with Gasteiger partial charge >= 0.3 is 10.2 Å². The van der Waals surface area contributed by atoms with Crippen LogP contribution in [0.15, 0.2) is 17.2 Å². The highest BCUT2D eigenvalue weighted by molar-refractivity contribution is 7.86. The molecule has 0 unspecified atom stereocenters. The molecule has 1 aromatic rings. The Morgan fingerprint density at radius 2 is 2.00 bits per heavy atom. The van der Waals surface area contributed by atoms with E-state index >= 15 is 0 Å². The highest BCUT2D eigenvalue weighted by Gasteiger charge is 2.13. The minimum Gasteiger partial charge on any atom is -0.242 e. The molecule has 12 heavy (non-hydrogen) atoms. The summed E-state index contributed by atoms with van der Waals surface area (Å²) in [5.74, 6) is 0. The molecule has 0 bridgehead atoms. The van der Waals surface area contributed by atoms with Gasteiger partial charge in [0.1, 0.15) is 10.0 Å². The summed E-state index contributed by atoms with van der Waals surface area (Å²) in [4.78, 5) is 2.76. The van der Waals surface area contributed by atoms with Crippen molar-refractivity contribution >= 4 is 33.4 Å². The third kappa shape index (κ3) is 2.06. The van der Waals surface area contributed by atoms with Crippen molar-refractivity contribution in [1.82, 2.24) is 4.98 Å². The molecular formula is C5H2Cl2FNO2S. The molecule has 1 aromatic heterocycles. The Balaban J connectivity index is 3.33. The maximum absolute atomic E-state index is 12.3. The number of hydrogen-bond acceptors (Lipinski definition) is 3.